The summed E-state index contributed by atoms with van der Waals surface area (Å²) in [6.45, 7) is 5.86. The maximum absolute atomic E-state index is 5.94. The van der Waals surface area contributed by atoms with Gasteiger partial charge in [0.15, 0.2) is 0 Å². The average Bonchev–Trinajstić information content (AvgIpc) is 2.23. The van der Waals surface area contributed by atoms with E-state index in [1.54, 1.807) is 6.07 Å². The summed E-state index contributed by atoms with van der Waals surface area (Å²) in [4.78, 5) is 0. The molecule has 82 valence electrons. The fraction of sp³-hybridized carbons (Fsp3) is 0.333. The molecule has 0 nitrogen and oxygen atoms in total. The first kappa shape index (κ1) is 12.9. The molecule has 15 heavy (non-hydrogen) atoms. The standard InChI is InChI=1S/C12H13Cl3/c1-3-12(2,8-13)7-9-4-5-10(14)11(15)6-9/h3-6H,1,7-8H2,2H3. The van der Waals surface area contributed by atoms with E-state index in [-0.39, 0.29) is 5.41 Å². The Morgan fingerprint density at radius 1 is 1.33 bits per heavy atom. The van der Waals surface area contributed by atoms with E-state index >= 15 is 0 Å². The molecule has 1 atom stereocenters. The second kappa shape index (κ2) is 5.25. The highest BCUT2D eigenvalue weighted by Crippen LogP contribution is 2.29. The second-order valence-corrected chi connectivity index (χ2v) is 5.00. The van der Waals surface area contributed by atoms with Gasteiger partial charge in [0.25, 0.3) is 0 Å². The first-order chi connectivity index (χ1) is 7.00. The Morgan fingerprint density at radius 3 is 2.47 bits per heavy atom. The van der Waals surface area contributed by atoms with Gasteiger partial charge >= 0.3 is 0 Å². The van der Waals surface area contributed by atoms with Crippen molar-refractivity contribution in [1.82, 2.24) is 0 Å². The molecule has 0 radical (unpaired) electrons. The minimum atomic E-state index is -0.0985. The summed E-state index contributed by atoms with van der Waals surface area (Å²) in [5.74, 6) is 0.538. The van der Waals surface area contributed by atoms with Gasteiger partial charge < -0.3 is 0 Å². The quantitative estimate of drug-likeness (QED) is 0.532. The SMILES string of the molecule is C=CC(C)(CCl)Cc1ccc(Cl)c(Cl)c1. The van der Waals surface area contributed by atoms with Crippen LogP contribution in [0.5, 0.6) is 0 Å². The Balaban J connectivity index is 2.89. The van der Waals surface area contributed by atoms with E-state index in [1.165, 1.54) is 0 Å². The van der Waals surface area contributed by atoms with Gasteiger partial charge in [0.05, 0.1) is 10.0 Å². The molecule has 0 saturated heterocycles. The van der Waals surface area contributed by atoms with E-state index in [9.17, 15) is 0 Å². The number of hydrogen-bond acceptors (Lipinski definition) is 0. The predicted molar refractivity (Wildman–Crippen MR) is 69.2 cm³/mol. The molecule has 1 rings (SSSR count). The molecule has 1 unspecified atom stereocenters. The van der Waals surface area contributed by atoms with Crippen molar-refractivity contribution in [1.29, 1.82) is 0 Å². The molecule has 0 heterocycles. The van der Waals surface area contributed by atoms with Crippen LogP contribution in [-0.2, 0) is 6.42 Å². The van der Waals surface area contributed by atoms with Crippen molar-refractivity contribution in [2.75, 3.05) is 5.88 Å². The molecule has 0 fully saturated rings. The average molecular weight is 264 g/mol. The number of alkyl halides is 1. The number of allylic oxidation sites excluding steroid dienone is 1. The van der Waals surface area contributed by atoms with Crippen LogP contribution in [0, 0.1) is 5.41 Å². The molecule has 0 aliphatic carbocycles. The third kappa shape index (κ3) is 3.41. The van der Waals surface area contributed by atoms with E-state index in [0.717, 1.165) is 12.0 Å². The fourth-order valence-electron chi connectivity index (χ4n) is 1.29. The molecule has 0 N–H and O–H groups in total. The minimum Gasteiger partial charge on any atom is -0.126 e. The lowest BCUT2D eigenvalue weighted by Gasteiger charge is -2.22. The van der Waals surface area contributed by atoms with E-state index in [2.05, 4.69) is 13.5 Å². The fourth-order valence-corrected chi connectivity index (χ4v) is 1.81. The van der Waals surface area contributed by atoms with Crippen LogP contribution in [0.2, 0.25) is 10.0 Å². The van der Waals surface area contributed by atoms with E-state index < -0.39 is 0 Å². The van der Waals surface area contributed by atoms with Gasteiger partial charge in [-0.05, 0) is 24.1 Å². The minimum absolute atomic E-state index is 0.0985. The van der Waals surface area contributed by atoms with Crippen molar-refractivity contribution in [3.05, 3.63) is 46.5 Å². The normalized spacial score (nSPS) is 14.7. The highest BCUT2D eigenvalue weighted by Gasteiger charge is 2.19. The first-order valence-corrected chi connectivity index (χ1v) is 5.93. The molecule has 0 amide bonds. The van der Waals surface area contributed by atoms with Gasteiger partial charge in [0.2, 0.25) is 0 Å². The van der Waals surface area contributed by atoms with Gasteiger partial charge in [-0.15, -0.1) is 18.2 Å². The summed E-state index contributed by atoms with van der Waals surface area (Å²) in [7, 11) is 0. The lowest BCUT2D eigenvalue weighted by atomic mass is 9.86. The lowest BCUT2D eigenvalue weighted by Crippen LogP contribution is -2.18. The van der Waals surface area contributed by atoms with Gasteiger partial charge in [0, 0.05) is 11.3 Å². The molecule has 0 saturated carbocycles. The summed E-state index contributed by atoms with van der Waals surface area (Å²) >= 11 is 17.7. The largest absolute Gasteiger partial charge is 0.126 e. The molecular weight excluding hydrogens is 250 g/mol. The Hall–Kier alpha value is -0.170. The Bertz CT molecular complexity index is 360. The highest BCUT2D eigenvalue weighted by atomic mass is 35.5. The van der Waals surface area contributed by atoms with Gasteiger partial charge in [0.1, 0.15) is 0 Å². The predicted octanol–water partition coefficient (Wildman–Crippen LogP) is 4.97. The van der Waals surface area contributed by atoms with Gasteiger partial charge in [-0.2, -0.15) is 0 Å². The van der Waals surface area contributed by atoms with Crippen LogP contribution in [-0.4, -0.2) is 5.88 Å². The third-order valence-corrected chi connectivity index (χ3v) is 3.74. The zero-order valence-electron chi connectivity index (χ0n) is 8.56. The van der Waals surface area contributed by atoms with Crippen LogP contribution in [0.3, 0.4) is 0 Å². The van der Waals surface area contributed by atoms with Crippen molar-refractivity contribution in [3.63, 3.8) is 0 Å². The smallest absolute Gasteiger partial charge is 0.0595 e. The number of hydrogen-bond donors (Lipinski definition) is 0. The summed E-state index contributed by atoms with van der Waals surface area (Å²) < 4.78 is 0. The van der Waals surface area contributed by atoms with Crippen LogP contribution in [0.25, 0.3) is 0 Å². The molecule has 0 aromatic heterocycles. The maximum Gasteiger partial charge on any atom is 0.0595 e. The second-order valence-electron chi connectivity index (χ2n) is 3.92. The highest BCUT2D eigenvalue weighted by molar-refractivity contribution is 6.42. The van der Waals surface area contributed by atoms with Gasteiger partial charge in [-0.1, -0.05) is 42.3 Å². The molecule has 0 bridgehead atoms. The molecule has 3 heteroatoms. The van der Waals surface area contributed by atoms with Crippen molar-refractivity contribution in [3.8, 4) is 0 Å². The Labute approximate surface area is 106 Å². The molecule has 0 aliphatic heterocycles. The van der Waals surface area contributed by atoms with Gasteiger partial charge in [-0.3, -0.25) is 0 Å². The zero-order valence-corrected chi connectivity index (χ0v) is 10.8. The lowest BCUT2D eigenvalue weighted by molar-refractivity contribution is 0.486. The molecule has 0 aliphatic rings. The molecule has 0 spiro atoms. The number of benzene rings is 1. The van der Waals surface area contributed by atoms with Crippen molar-refractivity contribution in [2.45, 2.75) is 13.3 Å². The third-order valence-electron chi connectivity index (χ3n) is 2.39. The summed E-state index contributed by atoms with van der Waals surface area (Å²) in [6, 6.07) is 5.64. The van der Waals surface area contributed by atoms with Crippen LogP contribution < -0.4 is 0 Å². The van der Waals surface area contributed by atoms with Crippen LogP contribution in [0.15, 0.2) is 30.9 Å². The zero-order chi connectivity index (χ0) is 11.5. The van der Waals surface area contributed by atoms with E-state index in [0.29, 0.717) is 15.9 Å². The molecule has 1 aromatic rings. The Kier molecular flexibility index (Phi) is 4.51. The van der Waals surface area contributed by atoms with Gasteiger partial charge in [-0.25, -0.2) is 0 Å². The molecular formula is C12H13Cl3. The number of halogens is 3. The van der Waals surface area contributed by atoms with Crippen LogP contribution in [0.1, 0.15) is 12.5 Å². The van der Waals surface area contributed by atoms with E-state index in [1.807, 2.05) is 18.2 Å². The topological polar surface area (TPSA) is 0 Å². The van der Waals surface area contributed by atoms with Crippen LogP contribution in [0.4, 0.5) is 0 Å². The first-order valence-electron chi connectivity index (χ1n) is 4.64. The van der Waals surface area contributed by atoms with Crippen LogP contribution >= 0.6 is 34.8 Å². The monoisotopic (exact) mass is 262 g/mol. The summed E-state index contributed by atoms with van der Waals surface area (Å²) in [6.07, 6.45) is 2.69. The Morgan fingerprint density at radius 2 is 2.00 bits per heavy atom. The van der Waals surface area contributed by atoms with Crippen molar-refractivity contribution in [2.24, 2.45) is 5.41 Å². The summed E-state index contributed by atoms with van der Waals surface area (Å²) in [5, 5.41) is 1.15. The van der Waals surface area contributed by atoms with E-state index in [4.69, 9.17) is 34.8 Å². The van der Waals surface area contributed by atoms with Crippen molar-refractivity contribution >= 4 is 34.8 Å². The maximum atomic E-state index is 5.94. The number of rotatable bonds is 4. The molecule has 1 aromatic carbocycles. The summed E-state index contributed by atoms with van der Waals surface area (Å²) in [5.41, 5.74) is 1.02. The van der Waals surface area contributed by atoms with Crippen molar-refractivity contribution < 1.29 is 0 Å².